The highest BCUT2D eigenvalue weighted by molar-refractivity contribution is 7.61. The lowest BCUT2D eigenvalue weighted by atomic mass is 10.5. The van der Waals surface area contributed by atoms with E-state index >= 15 is 0 Å². The molecule has 0 radical (unpaired) electrons. The van der Waals surface area contributed by atoms with E-state index in [0.717, 1.165) is 0 Å². The molecule has 0 amide bonds. The van der Waals surface area contributed by atoms with Gasteiger partial charge in [-0.3, -0.25) is 9.05 Å². The zero-order valence-electron chi connectivity index (χ0n) is 8.40. The molecule has 92 valence electrons. The molecule has 0 aromatic carbocycles. The Hall–Kier alpha value is 0.220. The molecular formula is C5H15NO7P2. The van der Waals surface area contributed by atoms with Crippen LogP contribution in [-0.2, 0) is 22.5 Å². The Labute approximate surface area is 87.6 Å². The first kappa shape index (κ1) is 15.2. The smallest absolute Gasteiger partial charge is 0.328 e. The van der Waals surface area contributed by atoms with Crippen molar-refractivity contribution in [3.05, 3.63) is 0 Å². The minimum absolute atomic E-state index is 0.0192. The monoisotopic (exact) mass is 263 g/mol. The average Bonchev–Trinajstić information content (AvgIpc) is 1.95. The predicted molar refractivity (Wildman–Crippen MR) is 52.0 cm³/mol. The summed E-state index contributed by atoms with van der Waals surface area (Å²) < 4.78 is 34.7. The molecule has 15 heavy (non-hydrogen) atoms. The Morgan fingerprint density at radius 3 is 2.20 bits per heavy atom. The van der Waals surface area contributed by atoms with Gasteiger partial charge in [0.05, 0.1) is 12.7 Å². The van der Waals surface area contributed by atoms with Gasteiger partial charge in [0.1, 0.15) is 0 Å². The van der Waals surface area contributed by atoms with Gasteiger partial charge in [0.25, 0.3) is 0 Å². The van der Waals surface area contributed by atoms with E-state index in [1.165, 1.54) is 13.8 Å². The van der Waals surface area contributed by atoms with Crippen LogP contribution in [-0.4, -0.2) is 29.0 Å². The molecule has 0 spiro atoms. The average molecular weight is 263 g/mol. The van der Waals surface area contributed by atoms with Gasteiger partial charge in [-0.25, -0.2) is 9.13 Å². The lowest BCUT2D eigenvalue weighted by Crippen LogP contribution is -2.08. The SMILES string of the molecule is CC(C)OP(=O)(O)OP(=O)(O)OCCN. The van der Waals surface area contributed by atoms with Crippen molar-refractivity contribution in [2.45, 2.75) is 20.0 Å². The highest BCUT2D eigenvalue weighted by Gasteiger charge is 2.35. The van der Waals surface area contributed by atoms with E-state index in [1.807, 2.05) is 0 Å². The molecule has 2 atom stereocenters. The molecule has 0 saturated heterocycles. The molecule has 0 bridgehead atoms. The second-order valence-corrected chi connectivity index (χ2v) is 5.79. The third-order valence-corrected chi connectivity index (χ3v) is 3.77. The lowest BCUT2D eigenvalue weighted by Gasteiger charge is -2.17. The topological polar surface area (TPSA) is 128 Å². The Balaban J connectivity index is 4.30. The molecule has 0 aromatic heterocycles. The summed E-state index contributed by atoms with van der Waals surface area (Å²) in [4.78, 5) is 17.9. The van der Waals surface area contributed by atoms with Crippen molar-refractivity contribution < 1.29 is 32.3 Å². The van der Waals surface area contributed by atoms with Crippen LogP contribution in [0.3, 0.4) is 0 Å². The van der Waals surface area contributed by atoms with Gasteiger partial charge in [-0.2, -0.15) is 4.31 Å². The van der Waals surface area contributed by atoms with Crippen LogP contribution >= 0.6 is 15.6 Å². The molecule has 8 nitrogen and oxygen atoms in total. The first-order valence-corrected chi connectivity index (χ1v) is 7.07. The van der Waals surface area contributed by atoms with Crippen molar-refractivity contribution in [2.75, 3.05) is 13.2 Å². The summed E-state index contributed by atoms with van der Waals surface area (Å²) in [5, 5.41) is 0. The van der Waals surface area contributed by atoms with Gasteiger partial charge in [-0.15, -0.1) is 0 Å². The van der Waals surface area contributed by atoms with Gasteiger partial charge in [0.15, 0.2) is 0 Å². The van der Waals surface area contributed by atoms with Crippen molar-refractivity contribution in [1.29, 1.82) is 0 Å². The van der Waals surface area contributed by atoms with Gasteiger partial charge in [-0.05, 0) is 13.8 Å². The molecular weight excluding hydrogens is 248 g/mol. The number of phosphoric ester groups is 2. The maximum atomic E-state index is 11.1. The standard InChI is InChI=1S/C5H15NO7P2/c1-5(2)12-15(9,10)13-14(7,8)11-4-3-6/h5H,3-4,6H2,1-2H3,(H,7,8)(H,9,10). The van der Waals surface area contributed by atoms with Gasteiger partial charge >= 0.3 is 15.6 Å². The molecule has 0 aliphatic heterocycles. The van der Waals surface area contributed by atoms with E-state index in [2.05, 4.69) is 13.4 Å². The molecule has 0 rings (SSSR count). The van der Waals surface area contributed by atoms with Crippen LogP contribution in [0.2, 0.25) is 0 Å². The fourth-order valence-electron chi connectivity index (χ4n) is 0.608. The van der Waals surface area contributed by atoms with Gasteiger partial charge < -0.3 is 15.5 Å². The maximum absolute atomic E-state index is 11.1. The summed E-state index contributed by atoms with van der Waals surface area (Å²) in [6.07, 6.45) is -0.629. The number of phosphoric acid groups is 2. The largest absolute Gasteiger partial charge is 0.481 e. The Kier molecular flexibility index (Phi) is 6.17. The van der Waals surface area contributed by atoms with Crippen LogP contribution in [0.15, 0.2) is 0 Å². The molecule has 0 aromatic rings. The molecule has 0 saturated carbocycles. The zero-order chi connectivity index (χ0) is 12.1. The summed E-state index contributed by atoms with van der Waals surface area (Å²) in [5.41, 5.74) is 5.00. The van der Waals surface area contributed by atoms with Crippen LogP contribution in [0.5, 0.6) is 0 Å². The van der Waals surface area contributed by atoms with E-state index in [1.54, 1.807) is 0 Å². The summed E-state index contributed by atoms with van der Waals surface area (Å²) >= 11 is 0. The summed E-state index contributed by atoms with van der Waals surface area (Å²) in [6.45, 7) is 2.65. The summed E-state index contributed by atoms with van der Waals surface area (Å²) in [6, 6.07) is 0. The zero-order valence-corrected chi connectivity index (χ0v) is 10.2. The molecule has 4 N–H and O–H groups in total. The van der Waals surface area contributed by atoms with Crippen molar-refractivity contribution in [3.8, 4) is 0 Å². The number of hydrogen-bond acceptors (Lipinski definition) is 6. The van der Waals surface area contributed by atoms with E-state index in [0.29, 0.717) is 0 Å². The minimum Gasteiger partial charge on any atom is -0.328 e. The molecule has 0 aliphatic rings. The van der Waals surface area contributed by atoms with Crippen LogP contribution in [0.1, 0.15) is 13.8 Å². The fraction of sp³-hybridized carbons (Fsp3) is 1.00. The molecule has 0 fully saturated rings. The third kappa shape index (κ3) is 8.07. The second kappa shape index (κ2) is 6.08. The number of rotatable bonds is 7. The first-order valence-electron chi connectivity index (χ1n) is 4.08. The van der Waals surface area contributed by atoms with E-state index in [-0.39, 0.29) is 13.2 Å². The lowest BCUT2D eigenvalue weighted by molar-refractivity contribution is 0.134. The van der Waals surface area contributed by atoms with Crippen LogP contribution in [0, 0.1) is 0 Å². The number of nitrogens with two attached hydrogens (primary N) is 1. The van der Waals surface area contributed by atoms with E-state index in [4.69, 9.17) is 15.5 Å². The maximum Gasteiger partial charge on any atom is 0.481 e. The van der Waals surface area contributed by atoms with Crippen molar-refractivity contribution in [1.82, 2.24) is 0 Å². The molecule has 2 unspecified atom stereocenters. The minimum atomic E-state index is -4.60. The Bertz CT molecular complexity index is 281. The normalized spacial score (nSPS) is 19.9. The predicted octanol–water partition coefficient (Wildman–Crippen LogP) is 0.604. The molecule has 0 aliphatic carbocycles. The Morgan fingerprint density at radius 1 is 1.27 bits per heavy atom. The number of hydrogen-bond donors (Lipinski definition) is 3. The van der Waals surface area contributed by atoms with E-state index < -0.39 is 21.7 Å². The highest BCUT2D eigenvalue weighted by Crippen LogP contribution is 2.60. The third-order valence-electron chi connectivity index (χ3n) is 0.923. The van der Waals surface area contributed by atoms with Gasteiger partial charge in [0.2, 0.25) is 0 Å². The van der Waals surface area contributed by atoms with Gasteiger partial charge in [0, 0.05) is 6.54 Å². The van der Waals surface area contributed by atoms with Crippen LogP contribution < -0.4 is 5.73 Å². The molecule has 10 heteroatoms. The fourth-order valence-corrected chi connectivity index (χ4v) is 2.86. The molecule has 0 heterocycles. The van der Waals surface area contributed by atoms with Gasteiger partial charge in [-0.1, -0.05) is 0 Å². The van der Waals surface area contributed by atoms with Crippen molar-refractivity contribution >= 4 is 15.6 Å². The summed E-state index contributed by atoms with van der Waals surface area (Å²) in [5.74, 6) is 0. The highest BCUT2D eigenvalue weighted by atomic mass is 31.3. The van der Waals surface area contributed by atoms with Crippen molar-refractivity contribution in [3.63, 3.8) is 0 Å². The summed E-state index contributed by atoms with van der Waals surface area (Å²) in [7, 11) is -9.19. The van der Waals surface area contributed by atoms with Crippen LogP contribution in [0.4, 0.5) is 0 Å². The Morgan fingerprint density at radius 2 is 1.80 bits per heavy atom. The second-order valence-electron chi connectivity index (χ2n) is 2.79. The van der Waals surface area contributed by atoms with E-state index in [9.17, 15) is 9.13 Å². The van der Waals surface area contributed by atoms with Crippen LogP contribution in [0.25, 0.3) is 0 Å². The first-order chi connectivity index (χ1) is 6.68. The van der Waals surface area contributed by atoms with Crippen molar-refractivity contribution in [2.24, 2.45) is 5.73 Å². The quantitative estimate of drug-likeness (QED) is 0.569.